The molecule has 0 amide bonds. The molecule has 1 saturated heterocycles. The van der Waals surface area contributed by atoms with Gasteiger partial charge in [-0.3, -0.25) is 0 Å². The zero-order valence-corrected chi connectivity index (χ0v) is 10.1. The van der Waals surface area contributed by atoms with Crippen molar-refractivity contribution in [2.45, 2.75) is 33.7 Å². The van der Waals surface area contributed by atoms with Crippen molar-refractivity contribution in [2.75, 3.05) is 13.1 Å². The van der Waals surface area contributed by atoms with Gasteiger partial charge in [0.1, 0.15) is 0 Å². The average Bonchev–Trinajstić information content (AvgIpc) is 2.26. The van der Waals surface area contributed by atoms with Crippen LogP contribution in [0.15, 0.2) is 0 Å². The summed E-state index contributed by atoms with van der Waals surface area (Å²) in [6, 6.07) is 0.0683. The van der Waals surface area contributed by atoms with Crippen molar-refractivity contribution >= 4 is 10.2 Å². The van der Waals surface area contributed by atoms with Crippen molar-refractivity contribution in [1.82, 2.24) is 9.03 Å². The second-order valence-electron chi connectivity index (χ2n) is 4.68. The maximum atomic E-state index is 11.6. The van der Waals surface area contributed by atoms with Gasteiger partial charge in [-0.05, 0) is 11.8 Å². The molecule has 84 valence electrons. The molecule has 1 N–H and O–H groups in total. The molecule has 14 heavy (non-hydrogen) atoms. The lowest BCUT2D eigenvalue weighted by Gasteiger charge is -2.16. The highest BCUT2D eigenvalue weighted by Crippen LogP contribution is 2.17. The van der Waals surface area contributed by atoms with Gasteiger partial charge >= 0.3 is 0 Å². The average molecular weight is 220 g/mol. The molecule has 0 aliphatic carbocycles. The number of hydrogen-bond donors (Lipinski definition) is 1. The van der Waals surface area contributed by atoms with Gasteiger partial charge in [-0.15, -0.1) is 0 Å². The number of hydrogen-bond acceptors (Lipinski definition) is 2. The summed E-state index contributed by atoms with van der Waals surface area (Å²) in [5.41, 5.74) is 0. The van der Waals surface area contributed by atoms with Gasteiger partial charge in [0.2, 0.25) is 0 Å². The number of nitrogens with zero attached hydrogens (tertiary/aromatic N) is 1. The van der Waals surface area contributed by atoms with Gasteiger partial charge < -0.3 is 0 Å². The standard InChI is InChI=1S/C9H20N2O2S/c1-7(2)5-11-6-9(8(3)4)10-14(11,12)13/h7-10H,5-6H2,1-4H3/t9-/m0/s1. The van der Waals surface area contributed by atoms with E-state index in [1.165, 1.54) is 0 Å². The van der Waals surface area contributed by atoms with E-state index in [9.17, 15) is 8.42 Å². The maximum Gasteiger partial charge on any atom is 0.279 e. The lowest BCUT2D eigenvalue weighted by molar-refractivity contribution is 0.355. The van der Waals surface area contributed by atoms with Crippen molar-refractivity contribution in [2.24, 2.45) is 11.8 Å². The Morgan fingerprint density at radius 1 is 1.36 bits per heavy atom. The summed E-state index contributed by atoms with van der Waals surface area (Å²) in [6.45, 7) is 9.34. The zero-order valence-electron chi connectivity index (χ0n) is 9.32. The Hall–Kier alpha value is -0.130. The Morgan fingerprint density at radius 3 is 2.29 bits per heavy atom. The molecule has 1 aliphatic rings. The van der Waals surface area contributed by atoms with Crippen LogP contribution < -0.4 is 4.72 Å². The quantitative estimate of drug-likeness (QED) is 0.765. The highest BCUT2D eigenvalue weighted by molar-refractivity contribution is 7.87. The number of rotatable bonds is 3. The molecular weight excluding hydrogens is 200 g/mol. The third-order valence-electron chi connectivity index (χ3n) is 2.41. The van der Waals surface area contributed by atoms with Crippen LogP contribution in [-0.4, -0.2) is 31.9 Å². The van der Waals surface area contributed by atoms with Crippen LogP contribution >= 0.6 is 0 Å². The van der Waals surface area contributed by atoms with Crippen LogP contribution in [0.1, 0.15) is 27.7 Å². The third-order valence-corrected chi connectivity index (χ3v) is 3.99. The van der Waals surface area contributed by atoms with Crippen LogP contribution in [0.4, 0.5) is 0 Å². The van der Waals surface area contributed by atoms with Crippen molar-refractivity contribution in [1.29, 1.82) is 0 Å². The third kappa shape index (κ3) is 2.68. The molecule has 5 heteroatoms. The van der Waals surface area contributed by atoms with Crippen molar-refractivity contribution in [3.8, 4) is 0 Å². The summed E-state index contributed by atoms with van der Waals surface area (Å²) in [4.78, 5) is 0. The Kier molecular flexibility index (Phi) is 3.55. The van der Waals surface area contributed by atoms with Gasteiger partial charge in [0, 0.05) is 19.1 Å². The molecule has 0 aromatic rings. The largest absolute Gasteiger partial charge is 0.279 e. The van der Waals surface area contributed by atoms with E-state index in [0.717, 1.165) is 0 Å². The van der Waals surface area contributed by atoms with Gasteiger partial charge in [0.15, 0.2) is 0 Å². The molecule has 0 unspecified atom stereocenters. The topological polar surface area (TPSA) is 49.4 Å². The first-order valence-corrected chi connectivity index (χ1v) is 6.54. The van der Waals surface area contributed by atoms with E-state index in [1.54, 1.807) is 4.31 Å². The molecule has 1 fully saturated rings. The molecule has 0 aromatic heterocycles. The summed E-state index contributed by atoms with van der Waals surface area (Å²) < 4.78 is 27.5. The van der Waals surface area contributed by atoms with Crippen molar-refractivity contribution < 1.29 is 8.42 Å². The predicted molar refractivity (Wildman–Crippen MR) is 57.1 cm³/mol. The van der Waals surface area contributed by atoms with Gasteiger partial charge in [-0.2, -0.15) is 17.4 Å². The minimum Gasteiger partial charge on any atom is -0.197 e. The van der Waals surface area contributed by atoms with E-state index < -0.39 is 10.2 Å². The fraction of sp³-hybridized carbons (Fsp3) is 1.00. The normalized spacial score (nSPS) is 27.7. The van der Waals surface area contributed by atoms with E-state index in [1.807, 2.05) is 27.7 Å². The SMILES string of the molecule is CC(C)CN1C[C@@H](C(C)C)NS1(=O)=O. The second-order valence-corrected chi connectivity index (χ2v) is 6.39. The molecule has 4 nitrogen and oxygen atoms in total. The number of nitrogens with one attached hydrogen (secondary N) is 1. The summed E-state index contributed by atoms with van der Waals surface area (Å²) in [6.07, 6.45) is 0. The van der Waals surface area contributed by atoms with E-state index in [0.29, 0.717) is 24.9 Å². The first kappa shape index (κ1) is 11.9. The van der Waals surface area contributed by atoms with Gasteiger partial charge in [0.25, 0.3) is 10.2 Å². The minimum absolute atomic E-state index is 0.0683. The zero-order chi connectivity index (χ0) is 10.9. The molecule has 0 radical (unpaired) electrons. The lowest BCUT2D eigenvalue weighted by Crippen LogP contribution is -2.33. The minimum atomic E-state index is -3.19. The van der Waals surface area contributed by atoms with Crippen molar-refractivity contribution in [3.63, 3.8) is 0 Å². The Balaban J connectivity index is 2.70. The highest BCUT2D eigenvalue weighted by Gasteiger charge is 2.36. The smallest absolute Gasteiger partial charge is 0.197 e. The van der Waals surface area contributed by atoms with Crippen LogP contribution in [0.3, 0.4) is 0 Å². The van der Waals surface area contributed by atoms with Gasteiger partial charge in [0.05, 0.1) is 0 Å². The van der Waals surface area contributed by atoms with E-state index >= 15 is 0 Å². The summed E-state index contributed by atoms with van der Waals surface area (Å²) >= 11 is 0. The van der Waals surface area contributed by atoms with Crippen LogP contribution in [-0.2, 0) is 10.2 Å². The molecule has 1 atom stereocenters. The summed E-state index contributed by atoms with van der Waals surface area (Å²) in [5, 5.41) is 0. The van der Waals surface area contributed by atoms with Crippen LogP contribution in [0.2, 0.25) is 0 Å². The van der Waals surface area contributed by atoms with Crippen LogP contribution in [0.5, 0.6) is 0 Å². The van der Waals surface area contributed by atoms with E-state index in [2.05, 4.69) is 4.72 Å². The fourth-order valence-electron chi connectivity index (χ4n) is 1.55. The molecule has 0 spiro atoms. The van der Waals surface area contributed by atoms with Crippen LogP contribution in [0, 0.1) is 11.8 Å². The molecule has 0 bridgehead atoms. The van der Waals surface area contributed by atoms with E-state index in [-0.39, 0.29) is 6.04 Å². The summed E-state index contributed by atoms with van der Waals surface area (Å²) in [7, 11) is -3.19. The van der Waals surface area contributed by atoms with Crippen LogP contribution in [0.25, 0.3) is 0 Å². The van der Waals surface area contributed by atoms with Crippen molar-refractivity contribution in [3.05, 3.63) is 0 Å². The first-order chi connectivity index (χ1) is 6.33. The monoisotopic (exact) mass is 220 g/mol. The van der Waals surface area contributed by atoms with E-state index in [4.69, 9.17) is 0 Å². The maximum absolute atomic E-state index is 11.6. The van der Waals surface area contributed by atoms with Gasteiger partial charge in [-0.25, -0.2) is 0 Å². The molecule has 1 heterocycles. The summed E-state index contributed by atoms with van der Waals surface area (Å²) in [5.74, 6) is 0.722. The van der Waals surface area contributed by atoms with Gasteiger partial charge in [-0.1, -0.05) is 27.7 Å². The Morgan fingerprint density at radius 2 is 1.93 bits per heavy atom. The molecule has 0 aromatic carbocycles. The Labute approximate surface area is 86.9 Å². The highest BCUT2D eigenvalue weighted by atomic mass is 32.2. The molecule has 0 saturated carbocycles. The first-order valence-electron chi connectivity index (χ1n) is 5.10. The predicted octanol–water partition coefficient (Wildman–Crippen LogP) is 0.817. The Bertz CT molecular complexity index is 285. The molecule has 1 aliphatic heterocycles. The lowest BCUT2D eigenvalue weighted by atomic mass is 10.1. The molecular formula is C9H20N2O2S. The fourth-order valence-corrected chi connectivity index (χ4v) is 3.28. The molecule has 1 rings (SSSR count). The second kappa shape index (κ2) is 4.16.